The van der Waals surface area contributed by atoms with Crippen LogP contribution in [-0.2, 0) is 4.79 Å². The van der Waals surface area contributed by atoms with Crippen molar-refractivity contribution < 1.29 is 4.79 Å². The number of nitrogens with one attached hydrogen (secondary N) is 1. The second kappa shape index (κ2) is 8.43. The van der Waals surface area contributed by atoms with Crippen LogP contribution in [0.25, 0.3) is 20.5 Å². The van der Waals surface area contributed by atoms with Crippen LogP contribution in [0.15, 0.2) is 34.7 Å². The second-order valence-electron chi connectivity index (χ2n) is 5.63. The third-order valence-electron chi connectivity index (χ3n) is 3.52. The van der Waals surface area contributed by atoms with Crippen LogP contribution in [0.2, 0.25) is 0 Å². The molecule has 0 saturated carbocycles. The first-order valence-corrected chi connectivity index (χ1v) is 11.7. The Labute approximate surface area is 177 Å². The molecule has 0 saturated heterocycles. The number of hydrogen-bond acceptors (Lipinski definition) is 10. The number of aromatic nitrogens is 5. The lowest BCUT2D eigenvalue weighted by Crippen LogP contribution is -2.14. The lowest BCUT2D eigenvalue weighted by atomic mass is 10.3. The van der Waals surface area contributed by atoms with Crippen molar-refractivity contribution in [2.45, 2.75) is 18.9 Å². The number of amides is 1. The molecule has 0 unspecified atom stereocenters. The number of nitrogens with zero attached hydrogens (tertiary/aromatic N) is 5. The maximum Gasteiger partial charge on any atom is 0.236 e. The van der Waals surface area contributed by atoms with Crippen molar-refractivity contribution in [3.63, 3.8) is 0 Å². The predicted molar refractivity (Wildman–Crippen MR) is 115 cm³/mol. The molecule has 11 heteroatoms. The standard InChI is InChI=1S/C17H14N6OS4/c1-9-15(28-16(18-9)12-4-3-7-25-12)11-5-6-14(22-21-11)26-8-13(24)19-17-23-20-10(2)27-17/h3-7H,8H2,1-2H3,(H,19,23,24). The SMILES string of the molecule is Cc1nnc(NC(=O)CSc2ccc(-c3sc(-c4cccs4)nc3C)nn2)s1. The molecule has 4 heterocycles. The van der Waals surface area contributed by atoms with E-state index < -0.39 is 0 Å². The summed E-state index contributed by atoms with van der Waals surface area (Å²) in [5.41, 5.74) is 1.73. The van der Waals surface area contributed by atoms with Crippen molar-refractivity contribution in [2.75, 3.05) is 11.1 Å². The van der Waals surface area contributed by atoms with Crippen LogP contribution in [0.1, 0.15) is 10.7 Å². The van der Waals surface area contributed by atoms with Gasteiger partial charge >= 0.3 is 0 Å². The third-order valence-corrected chi connectivity index (χ3v) is 7.42. The largest absolute Gasteiger partial charge is 0.300 e. The van der Waals surface area contributed by atoms with Crippen molar-refractivity contribution in [1.82, 2.24) is 25.4 Å². The fourth-order valence-corrected chi connectivity index (χ4v) is 5.35. The summed E-state index contributed by atoms with van der Waals surface area (Å²) in [7, 11) is 0. The van der Waals surface area contributed by atoms with Gasteiger partial charge in [-0.15, -0.1) is 43.1 Å². The molecule has 0 aliphatic carbocycles. The zero-order chi connectivity index (χ0) is 19.5. The van der Waals surface area contributed by atoms with E-state index in [4.69, 9.17) is 0 Å². The molecular formula is C17H14N6OS4. The van der Waals surface area contributed by atoms with E-state index in [0.717, 1.165) is 31.2 Å². The normalized spacial score (nSPS) is 10.9. The van der Waals surface area contributed by atoms with Crippen molar-refractivity contribution >= 4 is 56.8 Å². The number of thiazole rings is 1. The zero-order valence-corrected chi connectivity index (χ0v) is 18.1. The molecule has 0 radical (unpaired) electrons. The summed E-state index contributed by atoms with van der Waals surface area (Å²) in [5.74, 6) is 0.0836. The van der Waals surface area contributed by atoms with E-state index >= 15 is 0 Å². The summed E-state index contributed by atoms with van der Waals surface area (Å²) >= 11 is 5.95. The summed E-state index contributed by atoms with van der Waals surface area (Å²) in [6, 6.07) is 7.87. The summed E-state index contributed by atoms with van der Waals surface area (Å²) in [5, 5.41) is 24.1. The van der Waals surface area contributed by atoms with Crippen LogP contribution in [0, 0.1) is 13.8 Å². The van der Waals surface area contributed by atoms with Crippen molar-refractivity contribution in [3.8, 4) is 20.5 Å². The second-order valence-corrected chi connectivity index (χ2v) is 9.75. The predicted octanol–water partition coefficient (Wildman–Crippen LogP) is 4.53. The molecule has 28 heavy (non-hydrogen) atoms. The van der Waals surface area contributed by atoms with Crippen LogP contribution in [0.5, 0.6) is 0 Å². The van der Waals surface area contributed by atoms with Crippen LogP contribution >= 0.6 is 45.8 Å². The molecule has 0 aromatic carbocycles. The lowest BCUT2D eigenvalue weighted by Gasteiger charge is -2.02. The fraction of sp³-hybridized carbons (Fsp3) is 0.176. The minimum Gasteiger partial charge on any atom is -0.300 e. The van der Waals surface area contributed by atoms with Gasteiger partial charge in [0, 0.05) is 0 Å². The van der Waals surface area contributed by atoms with E-state index in [1.807, 2.05) is 37.4 Å². The van der Waals surface area contributed by atoms with Gasteiger partial charge in [-0.1, -0.05) is 29.2 Å². The molecule has 0 aliphatic heterocycles. The van der Waals surface area contributed by atoms with Crippen molar-refractivity contribution in [2.24, 2.45) is 0 Å². The van der Waals surface area contributed by atoms with Crippen molar-refractivity contribution in [1.29, 1.82) is 0 Å². The smallest absolute Gasteiger partial charge is 0.236 e. The average molecular weight is 447 g/mol. The Morgan fingerprint density at radius 2 is 2.00 bits per heavy atom. The van der Waals surface area contributed by atoms with Crippen molar-refractivity contribution in [3.05, 3.63) is 40.3 Å². The van der Waals surface area contributed by atoms with Crippen LogP contribution in [0.4, 0.5) is 5.13 Å². The third kappa shape index (κ3) is 4.43. The van der Waals surface area contributed by atoms with Gasteiger partial charge in [-0.05, 0) is 37.4 Å². The number of rotatable bonds is 6. The van der Waals surface area contributed by atoms with Gasteiger partial charge in [0.25, 0.3) is 0 Å². The number of carbonyl (C=O) groups excluding carboxylic acids is 1. The summed E-state index contributed by atoms with van der Waals surface area (Å²) in [6.45, 7) is 3.82. The molecular weight excluding hydrogens is 432 g/mol. The van der Waals surface area contributed by atoms with Gasteiger partial charge < -0.3 is 0 Å². The molecule has 142 valence electrons. The molecule has 0 atom stereocenters. The highest BCUT2D eigenvalue weighted by Crippen LogP contribution is 2.36. The highest BCUT2D eigenvalue weighted by molar-refractivity contribution is 7.99. The number of thioether (sulfide) groups is 1. The first-order valence-electron chi connectivity index (χ1n) is 8.16. The van der Waals surface area contributed by atoms with Gasteiger partial charge in [0.05, 0.1) is 21.2 Å². The maximum atomic E-state index is 12.0. The van der Waals surface area contributed by atoms with E-state index in [0.29, 0.717) is 10.2 Å². The monoisotopic (exact) mass is 446 g/mol. The Balaban J connectivity index is 1.39. The van der Waals surface area contributed by atoms with E-state index in [2.05, 4.69) is 36.8 Å². The molecule has 0 spiro atoms. The Morgan fingerprint density at radius 1 is 1.11 bits per heavy atom. The molecule has 4 aromatic rings. The lowest BCUT2D eigenvalue weighted by molar-refractivity contribution is -0.113. The molecule has 4 aromatic heterocycles. The molecule has 0 fully saturated rings. The van der Waals surface area contributed by atoms with Gasteiger partial charge in [0.2, 0.25) is 11.0 Å². The number of thiophene rings is 1. The quantitative estimate of drug-likeness (QED) is 0.435. The van der Waals surface area contributed by atoms with E-state index in [1.54, 1.807) is 22.7 Å². The van der Waals surface area contributed by atoms with E-state index in [-0.39, 0.29) is 11.7 Å². The van der Waals surface area contributed by atoms with Gasteiger partial charge in [-0.2, -0.15) is 0 Å². The summed E-state index contributed by atoms with van der Waals surface area (Å²) in [6.07, 6.45) is 0. The summed E-state index contributed by atoms with van der Waals surface area (Å²) < 4.78 is 0. The Kier molecular flexibility index (Phi) is 5.76. The van der Waals surface area contributed by atoms with Crippen LogP contribution < -0.4 is 5.32 Å². The first kappa shape index (κ1) is 19.1. The first-order chi connectivity index (χ1) is 13.6. The van der Waals surface area contributed by atoms with Crippen LogP contribution in [-0.4, -0.2) is 37.0 Å². The number of hydrogen-bond donors (Lipinski definition) is 1. The Hall–Kier alpha value is -2.21. The minimum absolute atomic E-state index is 0.147. The summed E-state index contributed by atoms with van der Waals surface area (Å²) in [4.78, 5) is 18.8. The molecule has 1 N–H and O–H groups in total. The molecule has 0 aliphatic rings. The Morgan fingerprint density at radius 3 is 2.68 bits per heavy atom. The van der Waals surface area contributed by atoms with Crippen LogP contribution in [0.3, 0.4) is 0 Å². The molecule has 0 bridgehead atoms. The Bertz CT molecular complexity index is 1090. The van der Waals surface area contributed by atoms with Gasteiger partial charge in [0.1, 0.15) is 20.7 Å². The fourth-order valence-electron chi connectivity index (χ4n) is 2.30. The average Bonchev–Trinajstić information content (AvgIpc) is 3.42. The number of anilines is 1. The van der Waals surface area contributed by atoms with Gasteiger partial charge in [0.15, 0.2) is 0 Å². The topological polar surface area (TPSA) is 93.6 Å². The van der Waals surface area contributed by atoms with Gasteiger partial charge in [-0.25, -0.2) is 4.98 Å². The minimum atomic E-state index is -0.147. The highest BCUT2D eigenvalue weighted by Gasteiger charge is 2.14. The van der Waals surface area contributed by atoms with Gasteiger partial charge in [-0.3, -0.25) is 10.1 Å². The van der Waals surface area contributed by atoms with E-state index in [9.17, 15) is 4.79 Å². The zero-order valence-electron chi connectivity index (χ0n) is 14.9. The number of carbonyl (C=O) groups is 1. The molecule has 4 rings (SSSR count). The molecule has 1 amide bonds. The number of aryl methyl sites for hydroxylation is 2. The highest BCUT2D eigenvalue weighted by atomic mass is 32.2. The maximum absolute atomic E-state index is 12.0. The molecule has 7 nitrogen and oxygen atoms in total. The van der Waals surface area contributed by atoms with E-state index in [1.165, 1.54) is 23.1 Å².